The van der Waals surface area contributed by atoms with Gasteiger partial charge in [-0.3, -0.25) is 9.88 Å². The second-order valence-electron chi connectivity index (χ2n) is 10.9. The van der Waals surface area contributed by atoms with E-state index in [4.69, 9.17) is 4.74 Å². The van der Waals surface area contributed by atoms with Crippen molar-refractivity contribution in [2.75, 3.05) is 19.0 Å². The van der Waals surface area contributed by atoms with Crippen LogP contribution in [0.1, 0.15) is 89.0 Å². The molecule has 0 aliphatic carbocycles. The zero-order valence-electron chi connectivity index (χ0n) is 23.9. The molecule has 218 valence electrons. The van der Waals surface area contributed by atoms with Crippen molar-refractivity contribution in [2.45, 2.75) is 94.8 Å². The van der Waals surface area contributed by atoms with Gasteiger partial charge in [-0.1, -0.05) is 70.9 Å². The lowest BCUT2D eigenvalue weighted by Gasteiger charge is -2.36. The highest BCUT2D eigenvalue weighted by atomic mass is 32.2. The summed E-state index contributed by atoms with van der Waals surface area (Å²) in [6, 6.07) is 13.1. The van der Waals surface area contributed by atoms with Crippen molar-refractivity contribution in [2.24, 2.45) is 0 Å². The van der Waals surface area contributed by atoms with Gasteiger partial charge >= 0.3 is 7.60 Å². The van der Waals surface area contributed by atoms with Crippen molar-refractivity contribution in [1.82, 2.24) is 10.6 Å². The summed E-state index contributed by atoms with van der Waals surface area (Å²) in [5, 5.41) is 7.12. The Balaban J connectivity index is 2.16. The number of unbranched alkanes of at least 4 members (excludes halogenated alkanes) is 1. The van der Waals surface area contributed by atoms with Crippen LogP contribution in [-0.4, -0.2) is 48.3 Å². The molecule has 0 amide bonds. The Bertz CT molecular complexity index is 1260. The van der Waals surface area contributed by atoms with Crippen molar-refractivity contribution in [3.63, 3.8) is 0 Å². The maximum Gasteiger partial charge on any atom is 0.327 e. The van der Waals surface area contributed by atoms with Crippen LogP contribution in [0.25, 0.3) is 0 Å². The van der Waals surface area contributed by atoms with Crippen molar-refractivity contribution in [3.8, 4) is 5.75 Å². The van der Waals surface area contributed by atoms with Crippen molar-refractivity contribution >= 4 is 17.4 Å². The van der Waals surface area contributed by atoms with Crippen LogP contribution in [0, 0.1) is 0 Å². The topological polar surface area (TPSA) is 125 Å². The first-order valence-electron chi connectivity index (χ1n) is 13.9. The zero-order chi connectivity index (χ0) is 28.9. The third kappa shape index (κ3) is 7.51. The second-order valence-corrected chi connectivity index (χ2v) is 14.5. The SMILES string of the molecule is CCCC[C@]1(CC)CS(=O)(=O)c2cc(CNC(CC)(CC)CP(=O)(O)O)c(OC)cc2[C@@H](c2ccccc2)N1. The van der Waals surface area contributed by atoms with Gasteiger partial charge in [-0.2, -0.15) is 0 Å². The van der Waals surface area contributed by atoms with Crippen LogP contribution in [0.4, 0.5) is 0 Å². The highest BCUT2D eigenvalue weighted by molar-refractivity contribution is 7.91. The van der Waals surface area contributed by atoms with Gasteiger partial charge in [0.1, 0.15) is 5.75 Å². The lowest BCUT2D eigenvalue weighted by Crippen LogP contribution is -2.50. The van der Waals surface area contributed by atoms with E-state index in [9.17, 15) is 22.8 Å². The van der Waals surface area contributed by atoms with E-state index in [2.05, 4.69) is 17.6 Å². The summed E-state index contributed by atoms with van der Waals surface area (Å²) in [7, 11) is -6.40. The molecule has 0 radical (unpaired) electrons. The Morgan fingerprint density at radius 1 is 1.13 bits per heavy atom. The average molecular weight is 581 g/mol. The molecule has 0 unspecified atom stereocenters. The summed E-state index contributed by atoms with van der Waals surface area (Å²) in [5.74, 6) is 0.534. The van der Waals surface area contributed by atoms with E-state index in [0.717, 1.165) is 24.8 Å². The highest BCUT2D eigenvalue weighted by Gasteiger charge is 2.42. The van der Waals surface area contributed by atoms with Crippen molar-refractivity contribution in [3.05, 3.63) is 59.2 Å². The molecule has 4 N–H and O–H groups in total. The maximum atomic E-state index is 14.1. The van der Waals surface area contributed by atoms with Crippen molar-refractivity contribution in [1.29, 1.82) is 0 Å². The lowest BCUT2D eigenvalue weighted by atomic mass is 9.87. The number of rotatable bonds is 13. The van der Waals surface area contributed by atoms with E-state index in [1.165, 1.54) is 0 Å². The van der Waals surface area contributed by atoms with Gasteiger partial charge < -0.3 is 19.8 Å². The van der Waals surface area contributed by atoms with Crippen molar-refractivity contribution < 1.29 is 27.5 Å². The molecular weight excluding hydrogens is 535 g/mol. The predicted molar refractivity (Wildman–Crippen MR) is 156 cm³/mol. The normalized spacial score (nSPS) is 21.3. The summed E-state index contributed by atoms with van der Waals surface area (Å²) < 4.78 is 45.8. The molecule has 1 heterocycles. The molecule has 0 saturated carbocycles. The molecule has 39 heavy (non-hydrogen) atoms. The fourth-order valence-corrected chi connectivity index (χ4v) is 9.23. The van der Waals surface area contributed by atoms with Gasteiger partial charge in [-0.05, 0) is 48.9 Å². The van der Waals surface area contributed by atoms with E-state index in [-0.39, 0.29) is 29.4 Å². The first-order valence-corrected chi connectivity index (χ1v) is 17.4. The molecule has 1 aliphatic heterocycles. The summed E-state index contributed by atoms with van der Waals surface area (Å²) >= 11 is 0. The number of benzene rings is 2. The predicted octanol–water partition coefficient (Wildman–Crippen LogP) is 5.33. The van der Waals surface area contributed by atoms with E-state index >= 15 is 0 Å². The summed E-state index contributed by atoms with van der Waals surface area (Å²) in [5.41, 5.74) is 0.905. The third-order valence-electron chi connectivity index (χ3n) is 8.31. The summed E-state index contributed by atoms with van der Waals surface area (Å²) in [6.07, 6.45) is 4.04. The number of fused-ring (bicyclic) bond motifs is 1. The molecule has 0 fully saturated rings. The van der Waals surface area contributed by atoms with Crippen LogP contribution in [0.3, 0.4) is 0 Å². The number of nitrogens with one attached hydrogen (secondary N) is 2. The number of methoxy groups -OCH3 is 1. The van der Waals surface area contributed by atoms with Crippen LogP contribution in [-0.2, 0) is 20.9 Å². The number of hydrogen-bond donors (Lipinski definition) is 4. The van der Waals surface area contributed by atoms with Gasteiger partial charge in [0.2, 0.25) is 0 Å². The molecule has 0 aromatic heterocycles. The average Bonchev–Trinajstić information content (AvgIpc) is 3.01. The first kappa shape index (κ1) is 31.8. The Kier molecular flexibility index (Phi) is 10.5. The number of ether oxygens (including phenoxy) is 1. The lowest BCUT2D eigenvalue weighted by molar-refractivity contribution is 0.292. The smallest absolute Gasteiger partial charge is 0.327 e. The minimum Gasteiger partial charge on any atom is -0.496 e. The monoisotopic (exact) mass is 580 g/mol. The van der Waals surface area contributed by atoms with E-state index in [0.29, 0.717) is 36.1 Å². The van der Waals surface area contributed by atoms with E-state index < -0.39 is 28.5 Å². The Labute approximate surface area is 234 Å². The molecule has 0 saturated heterocycles. The molecule has 3 rings (SSSR count). The summed E-state index contributed by atoms with van der Waals surface area (Å²) in [4.78, 5) is 19.7. The van der Waals surface area contributed by atoms with E-state index in [1.54, 1.807) is 13.2 Å². The van der Waals surface area contributed by atoms with Gasteiger partial charge in [-0.25, -0.2) is 8.42 Å². The molecular formula is C29H45N2O6PS. The zero-order valence-corrected chi connectivity index (χ0v) is 25.6. The molecule has 2 aromatic carbocycles. The largest absolute Gasteiger partial charge is 0.496 e. The van der Waals surface area contributed by atoms with Gasteiger partial charge in [0.25, 0.3) is 0 Å². The minimum atomic E-state index is -4.27. The van der Waals surface area contributed by atoms with Gasteiger partial charge in [0, 0.05) is 23.2 Å². The second kappa shape index (κ2) is 12.8. The van der Waals surface area contributed by atoms with Gasteiger partial charge in [0.15, 0.2) is 9.84 Å². The maximum absolute atomic E-state index is 14.1. The van der Waals surface area contributed by atoms with Crippen LogP contribution in [0.2, 0.25) is 0 Å². The fraction of sp³-hybridized carbons (Fsp3) is 0.586. The van der Waals surface area contributed by atoms with Crippen LogP contribution >= 0.6 is 7.60 Å². The molecule has 1 aliphatic rings. The first-order chi connectivity index (χ1) is 18.4. The van der Waals surface area contributed by atoms with Crippen LogP contribution < -0.4 is 15.4 Å². The Hall–Kier alpha value is -1.74. The van der Waals surface area contributed by atoms with Crippen LogP contribution in [0.15, 0.2) is 47.4 Å². The third-order valence-corrected chi connectivity index (χ3v) is 11.3. The number of hydrogen-bond acceptors (Lipinski definition) is 6. The van der Waals surface area contributed by atoms with Crippen LogP contribution in [0.5, 0.6) is 5.75 Å². The number of sulfone groups is 1. The quantitative estimate of drug-likeness (QED) is 0.235. The standard InChI is InChI=1S/C29H45N2O6PS/c1-6-10-16-29(9-4)21-39(35,36)26-17-23(19-30-28(7-2,8-3)20-38(32,33)34)25(37-5)18-24(26)27(31-29)22-14-12-11-13-15-22/h11-15,17-18,27,30-31H,6-10,16,19-21H2,1-5H3,(H2,32,33,34)/t27-,29-/m1/s1. The Morgan fingerprint density at radius 3 is 2.33 bits per heavy atom. The molecule has 0 spiro atoms. The molecule has 2 aromatic rings. The highest BCUT2D eigenvalue weighted by Crippen LogP contribution is 2.43. The molecule has 10 heteroatoms. The molecule has 2 atom stereocenters. The molecule has 0 bridgehead atoms. The van der Waals surface area contributed by atoms with Gasteiger partial charge in [-0.15, -0.1) is 0 Å². The summed E-state index contributed by atoms with van der Waals surface area (Å²) in [6.45, 7) is 8.15. The van der Waals surface area contributed by atoms with E-state index in [1.807, 2.05) is 57.2 Å². The minimum absolute atomic E-state index is 0.00189. The molecule has 8 nitrogen and oxygen atoms in total. The van der Waals surface area contributed by atoms with Gasteiger partial charge in [0.05, 0.1) is 30.0 Å². The fourth-order valence-electron chi connectivity index (χ4n) is 5.71. The Morgan fingerprint density at radius 2 is 1.79 bits per heavy atom.